The number of hydrogen-bond donors (Lipinski definition) is 0. The molecule has 3 aliphatic rings. The first-order valence-electron chi connectivity index (χ1n) is 9.54. The van der Waals surface area contributed by atoms with Gasteiger partial charge in [0.05, 0.1) is 0 Å². The highest BCUT2D eigenvalue weighted by atomic mass is 79.9. The fraction of sp³-hybridized carbons (Fsp3) is 0.700. The van der Waals surface area contributed by atoms with Crippen molar-refractivity contribution in [1.82, 2.24) is 9.80 Å². The maximum Gasteiger partial charge on any atom is 0.0283 e. The zero-order chi connectivity index (χ0) is 15.6. The molecule has 1 aliphatic carbocycles. The molecule has 23 heavy (non-hydrogen) atoms. The highest BCUT2D eigenvalue weighted by Gasteiger charge is 2.42. The second-order valence-electron chi connectivity index (χ2n) is 7.73. The second kappa shape index (κ2) is 7.25. The van der Waals surface area contributed by atoms with Crippen LogP contribution >= 0.6 is 15.9 Å². The number of piperazine rings is 1. The van der Waals surface area contributed by atoms with E-state index in [9.17, 15) is 0 Å². The van der Waals surface area contributed by atoms with Crippen LogP contribution in [0, 0.1) is 5.92 Å². The van der Waals surface area contributed by atoms with Crippen molar-refractivity contribution in [2.24, 2.45) is 5.92 Å². The van der Waals surface area contributed by atoms with E-state index >= 15 is 0 Å². The summed E-state index contributed by atoms with van der Waals surface area (Å²) >= 11 is 3.64. The van der Waals surface area contributed by atoms with Crippen molar-refractivity contribution >= 4 is 15.9 Å². The molecule has 1 aromatic carbocycles. The van der Waals surface area contributed by atoms with Crippen LogP contribution in [-0.2, 0) is 6.54 Å². The standard InChI is InChI=1S/C20H29BrN2/c21-18-9-4-6-16(14-18)15-23-13-12-22-11-5-10-19(22)20(23)17-7-2-1-3-8-17/h4,6,9,14,17,19-20H,1-3,5,7-8,10-13,15H2/t19-,20+/m0/s1. The van der Waals surface area contributed by atoms with Crippen LogP contribution in [0.4, 0.5) is 0 Å². The predicted octanol–water partition coefficient (Wildman–Crippen LogP) is 4.68. The first-order chi connectivity index (χ1) is 11.3. The zero-order valence-electron chi connectivity index (χ0n) is 14.1. The maximum atomic E-state index is 3.64. The molecule has 0 amide bonds. The Kier molecular flexibility index (Phi) is 5.07. The molecule has 2 saturated heterocycles. The van der Waals surface area contributed by atoms with Gasteiger partial charge in [0.15, 0.2) is 0 Å². The van der Waals surface area contributed by atoms with Gasteiger partial charge in [0, 0.05) is 36.2 Å². The van der Waals surface area contributed by atoms with E-state index in [1.807, 2.05) is 0 Å². The highest BCUT2D eigenvalue weighted by Crippen LogP contribution is 2.38. The minimum absolute atomic E-state index is 0.797. The molecule has 3 fully saturated rings. The van der Waals surface area contributed by atoms with E-state index in [-0.39, 0.29) is 0 Å². The fourth-order valence-corrected chi connectivity index (χ4v) is 5.75. The fourth-order valence-electron chi connectivity index (χ4n) is 5.31. The molecule has 0 bridgehead atoms. The average Bonchev–Trinajstić information content (AvgIpc) is 3.04. The molecule has 0 spiro atoms. The quantitative estimate of drug-likeness (QED) is 0.755. The molecule has 2 heterocycles. The molecular formula is C20H29BrN2. The van der Waals surface area contributed by atoms with Crippen LogP contribution in [0.15, 0.2) is 28.7 Å². The number of rotatable bonds is 3. The van der Waals surface area contributed by atoms with Crippen LogP contribution in [0.5, 0.6) is 0 Å². The molecule has 1 aromatic rings. The third-order valence-corrected chi connectivity index (χ3v) is 6.81. The van der Waals surface area contributed by atoms with Gasteiger partial charge in [0.2, 0.25) is 0 Å². The largest absolute Gasteiger partial charge is 0.298 e. The lowest BCUT2D eigenvalue weighted by atomic mass is 9.78. The van der Waals surface area contributed by atoms with Gasteiger partial charge in [-0.1, -0.05) is 47.3 Å². The van der Waals surface area contributed by atoms with Gasteiger partial charge < -0.3 is 0 Å². The first kappa shape index (κ1) is 16.1. The van der Waals surface area contributed by atoms with Crippen molar-refractivity contribution in [1.29, 1.82) is 0 Å². The van der Waals surface area contributed by atoms with Crippen molar-refractivity contribution in [3.63, 3.8) is 0 Å². The van der Waals surface area contributed by atoms with E-state index in [2.05, 4.69) is 50.0 Å². The van der Waals surface area contributed by atoms with Crippen molar-refractivity contribution in [2.45, 2.75) is 63.6 Å². The summed E-state index contributed by atoms with van der Waals surface area (Å²) in [5, 5.41) is 0. The van der Waals surface area contributed by atoms with Gasteiger partial charge in [-0.3, -0.25) is 9.80 Å². The summed E-state index contributed by atoms with van der Waals surface area (Å²) in [6.45, 7) is 5.01. The maximum absolute atomic E-state index is 3.64. The Bertz CT molecular complexity index is 526. The zero-order valence-corrected chi connectivity index (χ0v) is 15.7. The molecule has 2 aliphatic heterocycles. The Morgan fingerprint density at radius 2 is 1.83 bits per heavy atom. The third kappa shape index (κ3) is 3.52. The smallest absolute Gasteiger partial charge is 0.0283 e. The summed E-state index contributed by atoms with van der Waals surface area (Å²) in [6.07, 6.45) is 10.1. The molecule has 1 saturated carbocycles. The van der Waals surface area contributed by atoms with E-state index in [1.54, 1.807) is 0 Å². The molecular weight excluding hydrogens is 348 g/mol. The number of hydrogen-bond acceptors (Lipinski definition) is 2. The van der Waals surface area contributed by atoms with Gasteiger partial charge in [-0.2, -0.15) is 0 Å². The lowest BCUT2D eigenvalue weighted by Crippen LogP contribution is -2.59. The van der Waals surface area contributed by atoms with Crippen LogP contribution in [0.2, 0.25) is 0 Å². The molecule has 2 nitrogen and oxygen atoms in total. The molecule has 0 radical (unpaired) electrons. The van der Waals surface area contributed by atoms with E-state index in [0.717, 1.165) is 24.5 Å². The van der Waals surface area contributed by atoms with Gasteiger partial charge in [-0.25, -0.2) is 0 Å². The highest BCUT2D eigenvalue weighted by molar-refractivity contribution is 9.10. The minimum atomic E-state index is 0.797. The monoisotopic (exact) mass is 376 g/mol. The van der Waals surface area contributed by atoms with Crippen LogP contribution in [0.1, 0.15) is 50.5 Å². The van der Waals surface area contributed by atoms with Crippen molar-refractivity contribution in [3.8, 4) is 0 Å². The van der Waals surface area contributed by atoms with Gasteiger partial charge in [0.25, 0.3) is 0 Å². The Morgan fingerprint density at radius 1 is 0.957 bits per heavy atom. The average molecular weight is 377 g/mol. The summed E-state index contributed by atoms with van der Waals surface area (Å²) in [6, 6.07) is 10.5. The van der Waals surface area contributed by atoms with Crippen LogP contribution in [0.3, 0.4) is 0 Å². The second-order valence-corrected chi connectivity index (χ2v) is 8.65. The normalized spacial score (nSPS) is 30.5. The third-order valence-electron chi connectivity index (χ3n) is 6.31. The summed E-state index contributed by atoms with van der Waals surface area (Å²) in [5.41, 5.74) is 1.46. The molecule has 4 rings (SSSR count). The Hall–Kier alpha value is -0.380. The number of halogens is 1. The number of fused-ring (bicyclic) bond motifs is 1. The topological polar surface area (TPSA) is 6.48 Å². The Balaban J connectivity index is 1.55. The van der Waals surface area contributed by atoms with E-state index in [0.29, 0.717) is 0 Å². The summed E-state index contributed by atoms with van der Waals surface area (Å²) in [7, 11) is 0. The summed E-state index contributed by atoms with van der Waals surface area (Å²) < 4.78 is 1.21. The molecule has 3 heteroatoms. The van der Waals surface area contributed by atoms with Crippen LogP contribution in [0.25, 0.3) is 0 Å². The van der Waals surface area contributed by atoms with Gasteiger partial charge >= 0.3 is 0 Å². The predicted molar refractivity (Wildman–Crippen MR) is 99.5 cm³/mol. The molecule has 2 atom stereocenters. The van der Waals surface area contributed by atoms with Gasteiger partial charge in [0.1, 0.15) is 0 Å². The molecule has 0 unspecified atom stereocenters. The lowest BCUT2D eigenvalue weighted by molar-refractivity contribution is -0.00380. The SMILES string of the molecule is Brc1cccc(CN2CCN3CCC[C@H]3[C@H]2C2CCCCC2)c1. The Morgan fingerprint density at radius 3 is 2.65 bits per heavy atom. The van der Waals surface area contributed by atoms with Crippen LogP contribution in [-0.4, -0.2) is 41.5 Å². The van der Waals surface area contributed by atoms with Crippen molar-refractivity contribution < 1.29 is 0 Å². The molecule has 0 N–H and O–H groups in total. The first-order valence-corrected chi connectivity index (χ1v) is 10.3. The van der Waals surface area contributed by atoms with Crippen molar-refractivity contribution in [3.05, 3.63) is 34.3 Å². The molecule has 0 aromatic heterocycles. The minimum Gasteiger partial charge on any atom is -0.298 e. The Labute approximate surface area is 149 Å². The van der Waals surface area contributed by atoms with E-state index < -0.39 is 0 Å². The lowest BCUT2D eigenvalue weighted by Gasteiger charge is -2.49. The molecule has 126 valence electrons. The summed E-state index contributed by atoms with van der Waals surface area (Å²) in [4.78, 5) is 5.64. The van der Waals surface area contributed by atoms with Gasteiger partial charge in [-0.15, -0.1) is 0 Å². The van der Waals surface area contributed by atoms with E-state index in [4.69, 9.17) is 0 Å². The van der Waals surface area contributed by atoms with Crippen molar-refractivity contribution in [2.75, 3.05) is 19.6 Å². The number of nitrogens with zero attached hydrogens (tertiary/aromatic N) is 2. The number of benzene rings is 1. The van der Waals surface area contributed by atoms with E-state index in [1.165, 1.54) is 74.6 Å². The van der Waals surface area contributed by atoms with Crippen LogP contribution < -0.4 is 0 Å². The summed E-state index contributed by atoms with van der Waals surface area (Å²) in [5.74, 6) is 0.932. The van der Waals surface area contributed by atoms with Gasteiger partial charge in [-0.05, 0) is 55.8 Å².